The van der Waals surface area contributed by atoms with Crippen LogP contribution >= 0.6 is 0 Å². The van der Waals surface area contributed by atoms with Gasteiger partial charge in [-0.1, -0.05) is 48.5 Å². The van der Waals surface area contributed by atoms with Crippen molar-refractivity contribution >= 4 is 44.9 Å². The lowest BCUT2D eigenvalue weighted by atomic mass is 9.35. The Labute approximate surface area is 318 Å². The maximum absolute atomic E-state index is 6.82. The molecule has 0 amide bonds. The number of fused-ring (bicyclic) bond motifs is 7. The van der Waals surface area contributed by atoms with Crippen molar-refractivity contribution in [2.75, 3.05) is 0 Å². The molecule has 4 heteroatoms. The molecule has 8 bridgehead atoms. The summed E-state index contributed by atoms with van der Waals surface area (Å²) in [6.45, 7) is 0.0859. The van der Waals surface area contributed by atoms with Crippen LogP contribution in [0.4, 0.5) is 0 Å². The van der Waals surface area contributed by atoms with Gasteiger partial charge in [-0.3, -0.25) is 0 Å². The van der Waals surface area contributed by atoms with Crippen molar-refractivity contribution in [2.45, 2.75) is 87.9 Å². The van der Waals surface area contributed by atoms with Crippen molar-refractivity contribution in [3.05, 3.63) is 108 Å². The molecule has 16 rings (SSSR count). The molecule has 0 unspecified atom stereocenters. The van der Waals surface area contributed by atoms with Gasteiger partial charge in [0.15, 0.2) is 0 Å². The van der Waals surface area contributed by atoms with E-state index in [-0.39, 0.29) is 6.71 Å². The maximum Gasteiger partial charge on any atom is 0.260 e. The minimum Gasteiger partial charge on any atom is -0.458 e. The third kappa shape index (κ3) is 3.95. The van der Waals surface area contributed by atoms with Crippen LogP contribution in [0, 0.1) is 35.5 Å². The molecular weight excluding hydrogens is 657 g/mol. The maximum atomic E-state index is 6.82. The minimum absolute atomic E-state index is 0.0859. The lowest BCUT2D eigenvalue weighted by Gasteiger charge is -2.57. The van der Waals surface area contributed by atoms with Crippen molar-refractivity contribution in [3.63, 3.8) is 0 Å². The van der Waals surface area contributed by atoms with E-state index >= 15 is 0 Å². The van der Waals surface area contributed by atoms with Crippen LogP contribution in [0.1, 0.15) is 88.2 Å². The molecule has 54 heavy (non-hydrogen) atoms. The van der Waals surface area contributed by atoms with Gasteiger partial charge in [-0.05, 0) is 182 Å². The van der Waals surface area contributed by atoms with Gasteiger partial charge in [0, 0.05) is 28.4 Å². The first-order chi connectivity index (χ1) is 26.5. The molecule has 10 aliphatic rings. The summed E-state index contributed by atoms with van der Waals surface area (Å²) < 4.78 is 16.2. The fraction of sp³-hybridized carbons (Fsp3) is 0.400. The number of nitrogens with zero attached hydrogens (tertiary/aromatic N) is 1. The molecule has 0 spiro atoms. The number of para-hydroxylation sites is 2. The second-order valence-corrected chi connectivity index (χ2v) is 19.8. The molecule has 6 aromatic rings. The Bertz CT molecular complexity index is 2370. The Hall–Kier alpha value is -4.44. The van der Waals surface area contributed by atoms with Gasteiger partial charge in [0.2, 0.25) is 0 Å². The summed E-state index contributed by atoms with van der Waals surface area (Å²) in [6, 6.07) is 37.2. The van der Waals surface area contributed by atoms with Gasteiger partial charge in [0.25, 0.3) is 6.71 Å². The van der Waals surface area contributed by atoms with E-state index in [0.29, 0.717) is 10.8 Å². The molecule has 3 heterocycles. The van der Waals surface area contributed by atoms with Crippen LogP contribution in [0.15, 0.2) is 97.1 Å². The smallest absolute Gasteiger partial charge is 0.260 e. The summed E-state index contributed by atoms with van der Waals surface area (Å²) in [5, 5.41) is 2.87. The molecule has 8 saturated carbocycles. The third-order valence-electron chi connectivity index (χ3n) is 16.6. The molecule has 1 aromatic heterocycles. The average Bonchev–Trinajstić information content (AvgIpc) is 3.50. The number of ether oxygens (including phenoxy) is 2. The minimum atomic E-state index is 0.0859. The molecule has 5 aromatic carbocycles. The molecule has 0 saturated heterocycles. The fourth-order valence-corrected chi connectivity index (χ4v) is 15.4. The SMILES string of the molecule is c1ccc2c(c1)Oc1cc(-n3c4ccc(C56CC7CC(CC(C7)C5)C6)cc4c4cc(C56CC7CC(CC(C7)C5)C6)ccc43)cc3c1B2c1ccccc1O3. The molecule has 0 atom stereocenters. The summed E-state index contributed by atoms with van der Waals surface area (Å²) in [5.74, 6) is 9.30. The molecular formula is C50H46BNO2. The molecule has 0 N–H and O–H groups in total. The van der Waals surface area contributed by atoms with Gasteiger partial charge in [0.05, 0.1) is 16.7 Å². The summed E-state index contributed by atoms with van der Waals surface area (Å²) >= 11 is 0. The van der Waals surface area contributed by atoms with Gasteiger partial charge < -0.3 is 14.0 Å². The Balaban J connectivity index is 0.989. The van der Waals surface area contributed by atoms with Gasteiger partial charge in [0.1, 0.15) is 23.0 Å². The van der Waals surface area contributed by atoms with Crippen molar-refractivity contribution in [1.82, 2.24) is 4.57 Å². The second kappa shape index (κ2) is 10.2. The summed E-state index contributed by atoms with van der Waals surface area (Å²) in [4.78, 5) is 0. The van der Waals surface area contributed by atoms with Crippen LogP contribution < -0.4 is 25.9 Å². The molecule has 0 radical (unpaired) electrons. The Morgan fingerprint density at radius 1 is 0.463 bits per heavy atom. The van der Waals surface area contributed by atoms with E-state index in [1.807, 2.05) is 0 Å². The normalized spacial score (nSPS) is 33.1. The highest BCUT2D eigenvalue weighted by Gasteiger charge is 2.53. The summed E-state index contributed by atoms with van der Waals surface area (Å²) in [7, 11) is 0. The highest BCUT2D eigenvalue weighted by molar-refractivity contribution is 6.98. The van der Waals surface area contributed by atoms with Crippen LogP contribution in [-0.2, 0) is 10.8 Å². The molecule has 266 valence electrons. The highest BCUT2D eigenvalue weighted by atomic mass is 16.5. The topological polar surface area (TPSA) is 23.4 Å². The number of hydrogen-bond acceptors (Lipinski definition) is 2. The summed E-state index contributed by atoms with van der Waals surface area (Å²) in [6.07, 6.45) is 17.3. The lowest BCUT2D eigenvalue weighted by Crippen LogP contribution is -2.57. The quantitative estimate of drug-likeness (QED) is 0.171. The van der Waals surface area contributed by atoms with Gasteiger partial charge in [-0.25, -0.2) is 0 Å². The van der Waals surface area contributed by atoms with E-state index in [9.17, 15) is 0 Å². The highest BCUT2D eigenvalue weighted by Crippen LogP contribution is 2.62. The van der Waals surface area contributed by atoms with Crippen LogP contribution in [0.2, 0.25) is 0 Å². The number of aromatic nitrogens is 1. The fourth-order valence-electron chi connectivity index (χ4n) is 15.4. The molecule has 8 aliphatic carbocycles. The van der Waals surface area contributed by atoms with Crippen LogP contribution in [0.3, 0.4) is 0 Å². The zero-order chi connectivity index (χ0) is 34.9. The van der Waals surface area contributed by atoms with Crippen LogP contribution in [-0.4, -0.2) is 11.3 Å². The third-order valence-corrected chi connectivity index (χ3v) is 16.6. The molecule has 8 fully saturated rings. The first-order valence-corrected chi connectivity index (χ1v) is 21.4. The Morgan fingerprint density at radius 2 is 0.870 bits per heavy atom. The van der Waals surface area contributed by atoms with Crippen molar-refractivity contribution in [1.29, 1.82) is 0 Å². The monoisotopic (exact) mass is 703 g/mol. The van der Waals surface area contributed by atoms with Crippen LogP contribution in [0.25, 0.3) is 27.5 Å². The molecule has 2 aliphatic heterocycles. The van der Waals surface area contributed by atoms with E-state index in [1.54, 1.807) is 11.1 Å². The Morgan fingerprint density at radius 3 is 1.30 bits per heavy atom. The van der Waals surface area contributed by atoms with Gasteiger partial charge in [-0.15, -0.1) is 0 Å². The molecule has 3 nitrogen and oxygen atoms in total. The first-order valence-electron chi connectivity index (χ1n) is 21.4. The van der Waals surface area contributed by atoms with E-state index in [4.69, 9.17) is 9.47 Å². The van der Waals surface area contributed by atoms with E-state index in [0.717, 1.165) is 69.7 Å². The van der Waals surface area contributed by atoms with Gasteiger partial charge in [-0.2, -0.15) is 0 Å². The van der Waals surface area contributed by atoms with Crippen molar-refractivity contribution in [3.8, 4) is 28.7 Å². The number of hydrogen-bond donors (Lipinski definition) is 0. The van der Waals surface area contributed by atoms with Gasteiger partial charge >= 0.3 is 0 Å². The predicted octanol–water partition coefficient (Wildman–Crippen LogP) is 10.4. The van der Waals surface area contributed by atoms with E-state index in [1.165, 1.54) is 110 Å². The largest absolute Gasteiger partial charge is 0.458 e. The van der Waals surface area contributed by atoms with Crippen molar-refractivity contribution in [2.24, 2.45) is 35.5 Å². The van der Waals surface area contributed by atoms with Crippen molar-refractivity contribution < 1.29 is 9.47 Å². The Kier molecular flexibility index (Phi) is 5.67. The zero-order valence-corrected chi connectivity index (χ0v) is 31.0. The summed E-state index contributed by atoms with van der Waals surface area (Å²) in [5.41, 5.74) is 11.3. The zero-order valence-electron chi connectivity index (χ0n) is 31.0. The standard InChI is InChI=1S/C50H46BNO2/c1-3-7-44-40(5-1)51-41-6-2-4-8-45(41)54-47-22-37(21-46(53-44)48(47)51)52-42-11-9-35(49-23-29-13-30(24-49)15-31(14-29)25-49)19-38(42)39-20-36(10-12-43(39)52)50-26-32-16-33(27-50)18-34(17-32)28-50/h1-12,19-22,29-34H,13-18,23-28H2. The first kappa shape index (κ1) is 29.9. The number of benzene rings is 5. The number of rotatable bonds is 3. The van der Waals surface area contributed by atoms with E-state index < -0.39 is 0 Å². The van der Waals surface area contributed by atoms with Crippen LogP contribution in [0.5, 0.6) is 23.0 Å². The average molecular weight is 704 g/mol. The predicted molar refractivity (Wildman–Crippen MR) is 218 cm³/mol. The second-order valence-electron chi connectivity index (χ2n) is 19.8. The van der Waals surface area contributed by atoms with E-state index in [2.05, 4.69) is 102 Å². The lowest BCUT2D eigenvalue weighted by molar-refractivity contribution is -0.00528.